The van der Waals surface area contributed by atoms with Crippen molar-refractivity contribution in [3.63, 3.8) is 0 Å². The molecule has 198 valence electrons. The number of aromatic carboxylic acids is 1. The molecule has 0 fully saturated rings. The average Bonchev–Trinajstić information content (AvgIpc) is 3.54. The van der Waals surface area contributed by atoms with Crippen molar-refractivity contribution in [2.75, 3.05) is 0 Å². The van der Waals surface area contributed by atoms with Gasteiger partial charge >= 0.3 is 5.97 Å². The lowest BCUT2D eigenvalue weighted by molar-refractivity contribution is 0.0697. The van der Waals surface area contributed by atoms with E-state index in [0.717, 1.165) is 77.0 Å². The highest BCUT2D eigenvalue weighted by molar-refractivity contribution is 5.96. The summed E-state index contributed by atoms with van der Waals surface area (Å²) in [4.78, 5) is 21.8. The predicted molar refractivity (Wildman–Crippen MR) is 155 cm³/mol. The molecule has 0 atom stereocenters. The Morgan fingerprint density at radius 3 is 2.59 bits per heavy atom. The van der Waals surface area contributed by atoms with Crippen LogP contribution in [0.3, 0.4) is 0 Å². The van der Waals surface area contributed by atoms with Gasteiger partial charge in [0.2, 0.25) is 0 Å². The first kappa shape index (κ1) is 25.1. The number of hydrogen-bond donors (Lipinski definition) is 1. The summed E-state index contributed by atoms with van der Waals surface area (Å²) in [5.41, 5.74) is 8.66. The molecule has 0 spiro atoms. The lowest BCUT2D eigenvalue weighted by Gasteiger charge is -2.12. The minimum atomic E-state index is -0.912. The second-order valence-electron chi connectivity index (χ2n) is 10.6. The van der Waals surface area contributed by atoms with E-state index in [-0.39, 0.29) is 0 Å². The molecule has 2 aromatic heterocycles. The number of benzene rings is 3. The smallest absolute Gasteiger partial charge is 0.336 e. The number of imidazole rings is 2. The van der Waals surface area contributed by atoms with Crippen LogP contribution >= 0.6 is 0 Å². The maximum absolute atomic E-state index is 11.7. The van der Waals surface area contributed by atoms with Crippen molar-refractivity contribution in [1.82, 2.24) is 19.1 Å². The second kappa shape index (κ2) is 10.5. The molecule has 6 rings (SSSR count). The third kappa shape index (κ3) is 4.87. The number of carbonyl (C=O) groups is 1. The van der Waals surface area contributed by atoms with Crippen molar-refractivity contribution in [2.24, 2.45) is 0 Å². The number of nitrogens with zero attached hydrogens (tertiary/aromatic N) is 4. The molecule has 1 N–H and O–H groups in total. The van der Waals surface area contributed by atoms with Crippen LogP contribution < -0.4 is 0 Å². The minimum Gasteiger partial charge on any atom is -0.478 e. The third-order valence-electron chi connectivity index (χ3n) is 7.84. The number of hydrogen-bond acceptors (Lipinski definition) is 3. The molecular weight excluding hydrogens is 484 g/mol. The van der Waals surface area contributed by atoms with Gasteiger partial charge in [-0.05, 0) is 66.6 Å². The number of aromatic nitrogens is 4. The van der Waals surface area contributed by atoms with Gasteiger partial charge in [-0.1, -0.05) is 55.8 Å². The van der Waals surface area contributed by atoms with Gasteiger partial charge in [-0.25, -0.2) is 14.8 Å². The molecule has 3 aromatic carbocycles. The van der Waals surface area contributed by atoms with Crippen LogP contribution in [0.5, 0.6) is 0 Å². The molecule has 0 radical (unpaired) electrons. The Balaban J connectivity index is 1.38. The zero-order valence-corrected chi connectivity index (χ0v) is 22.7. The molecule has 0 amide bonds. The summed E-state index contributed by atoms with van der Waals surface area (Å²) in [7, 11) is 0. The van der Waals surface area contributed by atoms with Crippen LogP contribution in [0.4, 0.5) is 0 Å². The SMILES string of the molecule is CCCCc1nc2c(C)cc(-c3cn4c(n3)CCCC4)cc2n1Cc1ccc(-c2ccccc2C(=O)O)cc1. The number of fused-ring (bicyclic) bond motifs is 2. The zero-order chi connectivity index (χ0) is 26.9. The maximum atomic E-state index is 11.7. The first-order valence-corrected chi connectivity index (χ1v) is 14.0. The van der Waals surface area contributed by atoms with Gasteiger partial charge in [0.1, 0.15) is 11.6 Å². The van der Waals surface area contributed by atoms with Crippen molar-refractivity contribution in [1.29, 1.82) is 0 Å². The molecular formula is C33H34N4O2. The van der Waals surface area contributed by atoms with Crippen molar-refractivity contribution >= 4 is 17.0 Å². The first-order valence-electron chi connectivity index (χ1n) is 14.0. The minimum absolute atomic E-state index is 0.316. The molecule has 1 aliphatic rings. The number of aryl methyl sites for hydroxylation is 4. The molecule has 0 bridgehead atoms. The maximum Gasteiger partial charge on any atom is 0.336 e. The quantitative estimate of drug-likeness (QED) is 0.234. The highest BCUT2D eigenvalue weighted by Gasteiger charge is 2.18. The average molecular weight is 519 g/mol. The molecule has 6 nitrogen and oxygen atoms in total. The van der Waals surface area contributed by atoms with Gasteiger partial charge in [0.15, 0.2) is 0 Å². The Kier molecular flexibility index (Phi) is 6.77. The van der Waals surface area contributed by atoms with E-state index in [0.29, 0.717) is 12.1 Å². The molecule has 6 heteroatoms. The monoisotopic (exact) mass is 518 g/mol. The summed E-state index contributed by atoms with van der Waals surface area (Å²) in [6, 6.07) is 19.9. The number of carboxylic acid groups (broad SMARTS) is 1. The normalized spacial score (nSPS) is 13.1. The molecule has 39 heavy (non-hydrogen) atoms. The summed E-state index contributed by atoms with van der Waals surface area (Å²) in [5.74, 6) is 1.39. The van der Waals surface area contributed by atoms with Gasteiger partial charge in [0, 0.05) is 37.7 Å². The zero-order valence-electron chi connectivity index (χ0n) is 22.7. The Morgan fingerprint density at radius 2 is 1.82 bits per heavy atom. The van der Waals surface area contributed by atoms with Crippen LogP contribution in [0.15, 0.2) is 66.9 Å². The molecule has 3 heterocycles. The summed E-state index contributed by atoms with van der Waals surface area (Å²) >= 11 is 0. The Hall–Kier alpha value is -4.19. The highest BCUT2D eigenvalue weighted by atomic mass is 16.4. The van der Waals surface area contributed by atoms with Crippen molar-refractivity contribution in [2.45, 2.75) is 65.5 Å². The van der Waals surface area contributed by atoms with Gasteiger partial charge in [-0.2, -0.15) is 0 Å². The molecule has 0 saturated heterocycles. The van der Waals surface area contributed by atoms with Crippen molar-refractivity contribution < 1.29 is 9.90 Å². The van der Waals surface area contributed by atoms with E-state index in [4.69, 9.17) is 9.97 Å². The third-order valence-corrected chi connectivity index (χ3v) is 7.84. The van der Waals surface area contributed by atoms with E-state index >= 15 is 0 Å². The summed E-state index contributed by atoms with van der Waals surface area (Å²) in [6.45, 7) is 6.12. The fourth-order valence-corrected chi connectivity index (χ4v) is 5.74. The molecule has 0 aliphatic carbocycles. The first-order chi connectivity index (χ1) is 19.0. The van der Waals surface area contributed by atoms with E-state index in [2.05, 4.69) is 53.4 Å². The van der Waals surface area contributed by atoms with Gasteiger partial charge in [-0.15, -0.1) is 0 Å². The Morgan fingerprint density at radius 1 is 1.00 bits per heavy atom. The Labute approximate surface area is 229 Å². The summed E-state index contributed by atoms with van der Waals surface area (Å²) in [5, 5.41) is 9.61. The van der Waals surface area contributed by atoms with Gasteiger partial charge < -0.3 is 14.2 Å². The fraction of sp³-hybridized carbons (Fsp3) is 0.303. The van der Waals surface area contributed by atoms with Crippen LogP contribution in [-0.2, 0) is 25.9 Å². The largest absolute Gasteiger partial charge is 0.478 e. The van der Waals surface area contributed by atoms with E-state index in [1.807, 2.05) is 24.3 Å². The van der Waals surface area contributed by atoms with Crippen LogP contribution in [-0.4, -0.2) is 30.2 Å². The van der Waals surface area contributed by atoms with E-state index in [1.54, 1.807) is 12.1 Å². The lowest BCUT2D eigenvalue weighted by Crippen LogP contribution is -2.08. The van der Waals surface area contributed by atoms with E-state index < -0.39 is 5.97 Å². The standard InChI is InChI=1S/C33H34N4O2/c1-3-4-11-31-35-32-22(2)18-25(28-21-36-17-8-7-12-30(36)34-28)19-29(32)37(31)20-23-13-15-24(16-14-23)26-9-5-6-10-27(26)33(38)39/h5-6,9-10,13-16,18-19,21H,3-4,7-8,11-12,17,20H2,1-2H3,(H,38,39). The molecule has 1 aliphatic heterocycles. The van der Waals surface area contributed by atoms with Crippen molar-refractivity contribution in [3.8, 4) is 22.4 Å². The van der Waals surface area contributed by atoms with Crippen LogP contribution in [0.25, 0.3) is 33.4 Å². The van der Waals surface area contributed by atoms with E-state index in [1.165, 1.54) is 24.2 Å². The van der Waals surface area contributed by atoms with Crippen LogP contribution in [0.2, 0.25) is 0 Å². The summed E-state index contributed by atoms with van der Waals surface area (Å²) < 4.78 is 4.67. The highest BCUT2D eigenvalue weighted by Crippen LogP contribution is 2.31. The van der Waals surface area contributed by atoms with E-state index in [9.17, 15) is 9.90 Å². The molecule has 0 saturated carbocycles. The van der Waals surface area contributed by atoms with Crippen LogP contribution in [0.1, 0.15) is 65.7 Å². The van der Waals surface area contributed by atoms with Gasteiger partial charge in [0.05, 0.1) is 22.3 Å². The lowest BCUT2D eigenvalue weighted by atomic mass is 9.98. The summed E-state index contributed by atoms with van der Waals surface area (Å²) in [6.07, 6.45) is 8.83. The topological polar surface area (TPSA) is 72.9 Å². The van der Waals surface area contributed by atoms with Crippen molar-refractivity contribution in [3.05, 3.63) is 95.2 Å². The van der Waals surface area contributed by atoms with Crippen LogP contribution in [0, 0.1) is 6.92 Å². The predicted octanol–water partition coefficient (Wildman–Crippen LogP) is 7.30. The fourth-order valence-electron chi connectivity index (χ4n) is 5.74. The molecule has 0 unspecified atom stereocenters. The second-order valence-corrected chi connectivity index (χ2v) is 10.6. The van der Waals surface area contributed by atoms with Gasteiger partial charge in [-0.3, -0.25) is 0 Å². The van der Waals surface area contributed by atoms with Gasteiger partial charge in [0.25, 0.3) is 0 Å². The number of rotatable bonds is 8. The Bertz CT molecular complexity index is 1640. The number of carboxylic acids is 1. The number of unbranched alkanes of at least 4 members (excludes halogenated alkanes) is 1. The molecule has 5 aromatic rings.